The third-order valence-electron chi connectivity index (χ3n) is 3.88. The van der Waals surface area contributed by atoms with E-state index in [9.17, 15) is 5.11 Å². The average molecular weight is 234 g/mol. The summed E-state index contributed by atoms with van der Waals surface area (Å²) in [5, 5.41) is 14.1. The zero-order valence-corrected chi connectivity index (χ0v) is 10.4. The van der Waals surface area contributed by atoms with Gasteiger partial charge >= 0.3 is 0 Å². The van der Waals surface area contributed by atoms with Crippen molar-refractivity contribution in [2.75, 3.05) is 13.1 Å². The van der Waals surface area contributed by atoms with Gasteiger partial charge in [0.25, 0.3) is 0 Å². The zero-order chi connectivity index (χ0) is 12.3. The number of aliphatic hydroxyl groups is 1. The van der Waals surface area contributed by atoms with Crippen LogP contribution in [0.3, 0.4) is 0 Å². The molecule has 3 nitrogen and oxygen atoms in total. The first kappa shape index (κ1) is 12.6. The van der Waals surface area contributed by atoms with Crippen LogP contribution >= 0.6 is 0 Å². The minimum absolute atomic E-state index is 0.330. The highest BCUT2D eigenvalue weighted by molar-refractivity contribution is 5.28. The van der Waals surface area contributed by atoms with Crippen molar-refractivity contribution in [3.63, 3.8) is 0 Å². The molecule has 1 aromatic carbocycles. The molecule has 1 atom stereocenters. The molecule has 3 heteroatoms. The van der Waals surface area contributed by atoms with Crippen LogP contribution in [0, 0.1) is 5.92 Å². The van der Waals surface area contributed by atoms with Crippen LogP contribution in [0.1, 0.15) is 30.9 Å². The van der Waals surface area contributed by atoms with Gasteiger partial charge < -0.3 is 16.2 Å². The van der Waals surface area contributed by atoms with Gasteiger partial charge in [0.05, 0.1) is 5.60 Å². The van der Waals surface area contributed by atoms with E-state index in [4.69, 9.17) is 5.73 Å². The lowest BCUT2D eigenvalue weighted by Crippen LogP contribution is -2.39. The van der Waals surface area contributed by atoms with Crippen LogP contribution in [0.5, 0.6) is 0 Å². The number of hydrogen-bond donors (Lipinski definition) is 3. The molecule has 0 aliphatic carbocycles. The molecule has 0 bridgehead atoms. The molecule has 17 heavy (non-hydrogen) atoms. The molecular formula is C14H22N2O. The van der Waals surface area contributed by atoms with E-state index < -0.39 is 5.60 Å². The quantitative estimate of drug-likeness (QED) is 0.740. The van der Waals surface area contributed by atoms with Gasteiger partial charge in [-0.3, -0.25) is 0 Å². The van der Waals surface area contributed by atoms with E-state index in [-0.39, 0.29) is 0 Å². The van der Waals surface area contributed by atoms with Crippen molar-refractivity contribution < 1.29 is 5.11 Å². The maximum Gasteiger partial charge on any atom is 0.0897 e. The molecule has 0 amide bonds. The molecule has 0 aromatic heterocycles. The fraction of sp³-hybridized carbons (Fsp3) is 0.571. The lowest BCUT2D eigenvalue weighted by molar-refractivity contribution is -0.0187. The van der Waals surface area contributed by atoms with Gasteiger partial charge in [0.15, 0.2) is 0 Å². The predicted molar refractivity (Wildman–Crippen MR) is 69.5 cm³/mol. The number of nitrogens with two attached hydrogens (primary N) is 1. The van der Waals surface area contributed by atoms with Gasteiger partial charge in [-0.15, -0.1) is 0 Å². The Balaban J connectivity index is 2.22. The first-order chi connectivity index (χ1) is 8.14. The maximum absolute atomic E-state index is 10.8. The lowest BCUT2D eigenvalue weighted by atomic mass is 9.77. The van der Waals surface area contributed by atoms with Crippen LogP contribution in [-0.2, 0) is 12.1 Å². The van der Waals surface area contributed by atoms with Crippen molar-refractivity contribution in [3.05, 3.63) is 35.4 Å². The van der Waals surface area contributed by atoms with E-state index >= 15 is 0 Å². The Kier molecular flexibility index (Phi) is 3.82. The molecule has 94 valence electrons. The zero-order valence-electron chi connectivity index (χ0n) is 10.4. The van der Waals surface area contributed by atoms with Crippen molar-refractivity contribution >= 4 is 0 Å². The van der Waals surface area contributed by atoms with Crippen LogP contribution in [-0.4, -0.2) is 18.2 Å². The predicted octanol–water partition coefficient (Wildman–Crippen LogP) is 1.35. The van der Waals surface area contributed by atoms with Crippen molar-refractivity contribution in [1.82, 2.24) is 5.32 Å². The Bertz CT molecular complexity index is 370. The van der Waals surface area contributed by atoms with Gasteiger partial charge in [-0.05, 0) is 49.9 Å². The SMILES string of the molecule is CC(O)(c1cccc(CN)c1)C1CCNCC1. The Morgan fingerprint density at radius 1 is 1.41 bits per heavy atom. The van der Waals surface area contributed by atoms with Crippen LogP contribution in [0.15, 0.2) is 24.3 Å². The van der Waals surface area contributed by atoms with Crippen LogP contribution in [0.2, 0.25) is 0 Å². The third-order valence-corrected chi connectivity index (χ3v) is 3.88. The smallest absolute Gasteiger partial charge is 0.0897 e. The molecule has 1 aromatic rings. The minimum atomic E-state index is -0.743. The Morgan fingerprint density at radius 3 is 2.76 bits per heavy atom. The number of rotatable bonds is 3. The monoisotopic (exact) mass is 234 g/mol. The van der Waals surface area contributed by atoms with Crippen molar-refractivity contribution in [3.8, 4) is 0 Å². The molecular weight excluding hydrogens is 212 g/mol. The standard InChI is InChI=1S/C14H22N2O/c1-14(17,12-5-7-16-8-6-12)13-4-2-3-11(9-13)10-15/h2-4,9,12,16-17H,5-8,10,15H2,1H3. The first-order valence-electron chi connectivity index (χ1n) is 6.37. The van der Waals surface area contributed by atoms with Gasteiger partial charge in [-0.1, -0.05) is 24.3 Å². The van der Waals surface area contributed by atoms with E-state index in [2.05, 4.69) is 5.32 Å². The molecule has 2 rings (SSSR count). The second kappa shape index (κ2) is 5.17. The molecule has 0 radical (unpaired) electrons. The Hall–Kier alpha value is -0.900. The molecule has 1 heterocycles. The average Bonchev–Trinajstić information content (AvgIpc) is 2.40. The summed E-state index contributed by atoms with van der Waals surface area (Å²) in [6.45, 7) is 4.45. The summed E-state index contributed by atoms with van der Waals surface area (Å²) in [5.41, 5.74) is 6.98. The van der Waals surface area contributed by atoms with E-state index in [1.807, 2.05) is 31.2 Å². The fourth-order valence-electron chi connectivity index (χ4n) is 2.63. The summed E-state index contributed by atoms with van der Waals surface area (Å²) >= 11 is 0. The van der Waals surface area contributed by atoms with E-state index in [0.29, 0.717) is 12.5 Å². The molecule has 1 unspecified atom stereocenters. The Morgan fingerprint density at radius 2 is 2.12 bits per heavy atom. The lowest BCUT2D eigenvalue weighted by Gasteiger charge is -2.36. The van der Waals surface area contributed by atoms with Gasteiger partial charge in [0, 0.05) is 6.54 Å². The van der Waals surface area contributed by atoms with Crippen LogP contribution in [0.4, 0.5) is 0 Å². The van der Waals surface area contributed by atoms with Crippen molar-refractivity contribution in [1.29, 1.82) is 0 Å². The fourth-order valence-corrected chi connectivity index (χ4v) is 2.63. The number of piperidine rings is 1. The molecule has 4 N–H and O–H groups in total. The van der Waals surface area contributed by atoms with Crippen LogP contribution in [0.25, 0.3) is 0 Å². The van der Waals surface area contributed by atoms with E-state index in [0.717, 1.165) is 37.1 Å². The highest BCUT2D eigenvalue weighted by Crippen LogP contribution is 2.35. The molecule has 1 aliphatic rings. The summed E-state index contributed by atoms with van der Waals surface area (Å²) in [7, 11) is 0. The van der Waals surface area contributed by atoms with Gasteiger partial charge in [0.1, 0.15) is 0 Å². The second-order valence-electron chi connectivity index (χ2n) is 5.08. The van der Waals surface area contributed by atoms with Crippen LogP contribution < -0.4 is 11.1 Å². The largest absolute Gasteiger partial charge is 0.385 e. The van der Waals surface area contributed by atoms with E-state index in [1.54, 1.807) is 0 Å². The highest BCUT2D eigenvalue weighted by Gasteiger charge is 2.34. The van der Waals surface area contributed by atoms with E-state index in [1.165, 1.54) is 0 Å². The summed E-state index contributed by atoms with van der Waals surface area (Å²) in [4.78, 5) is 0. The number of benzene rings is 1. The highest BCUT2D eigenvalue weighted by atomic mass is 16.3. The molecule has 1 aliphatic heterocycles. The Labute approximate surface area is 103 Å². The molecule has 1 saturated heterocycles. The number of nitrogens with one attached hydrogen (secondary N) is 1. The molecule has 0 spiro atoms. The van der Waals surface area contributed by atoms with Crippen molar-refractivity contribution in [2.45, 2.75) is 31.9 Å². The first-order valence-corrected chi connectivity index (χ1v) is 6.37. The van der Waals surface area contributed by atoms with Gasteiger partial charge in [0.2, 0.25) is 0 Å². The summed E-state index contributed by atoms with van der Waals surface area (Å²) in [6.07, 6.45) is 2.06. The number of hydrogen-bond acceptors (Lipinski definition) is 3. The third kappa shape index (κ3) is 2.68. The maximum atomic E-state index is 10.8. The second-order valence-corrected chi connectivity index (χ2v) is 5.08. The topological polar surface area (TPSA) is 58.3 Å². The summed E-state index contributed by atoms with van der Waals surface area (Å²) < 4.78 is 0. The normalized spacial score (nSPS) is 21.1. The summed E-state index contributed by atoms with van der Waals surface area (Å²) in [6, 6.07) is 8.01. The van der Waals surface area contributed by atoms with Gasteiger partial charge in [-0.25, -0.2) is 0 Å². The van der Waals surface area contributed by atoms with Gasteiger partial charge in [-0.2, -0.15) is 0 Å². The van der Waals surface area contributed by atoms with Crippen molar-refractivity contribution in [2.24, 2.45) is 11.7 Å². The molecule has 1 fully saturated rings. The minimum Gasteiger partial charge on any atom is -0.385 e. The summed E-state index contributed by atoms with van der Waals surface area (Å²) in [5.74, 6) is 0.330. The molecule has 0 saturated carbocycles.